The molecule has 3 rings (SSSR count). The molecule has 2 amide bonds. The Bertz CT molecular complexity index is 620. The fourth-order valence-electron chi connectivity index (χ4n) is 2.35. The van der Waals surface area contributed by atoms with Gasteiger partial charge in [-0.3, -0.25) is 5.32 Å². The summed E-state index contributed by atoms with van der Waals surface area (Å²) in [6, 6.07) is 5.67. The van der Waals surface area contributed by atoms with Crippen molar-refractivity contribution in [3.63, 3.8) is 0 Å². The monoisotopic (exact) mass is 291 g/mol. The van der Waals surface area contributed by atoms with E-state index in [0.29, 0.717) is 5.13 Å². The van der Waals surface area contributed by atoms with Gasteiger partial charge in [-0.15, -0.1) is 0 Å². The van der Waals surface area contributed by atoms with E-state index in [-0.39, 0.29) is 6.03 Å². The van der Waals surface area contributed by atoms with Gasteiger partial charge in [-0.05, 0) is 37.5 Å². The van der Waals surface area contributed by atoms with Gasteiger partial charge in [0.2, 0.25) is 0 Å². The summed E-state index contributed by atoms with van der Waals surface area (Å²) >= 11 is 1.47. The van der Waals surface area contributed by atoms with Crippen LogP contribution in [0.2, 0.25) is 0 Å². The van der Waals surface area contributed by atoms with Crippen LogP contribution in [-0.2, 0) is 0 Å². The van der Waals surface area contributed by atoms with E-state index >= 15 is 0 Å². The number of nitrogens with zero attached hydrogens (tertiary/aromatic N) is 2. The van der Waals surface area contributed by atoms with Crippen molar-refractivity contribution in [2.75, 3.05) is 25.5 Å². The van der Waals surface area contributed by atoms with Gasteiger partial charge in [0.25, 0.3) is 0 Å². The lowest BCUT2D eigenvalue weighted by atomic mass is 10.1. The van der Waals surface area contributed by atoms with Crippen LogP contribution in [0, 0.1) is 0 Å². The highest BCUT2D eigenvalue weighted by molar-refractivity contribution is 7.22. The maximum atomic E-state index is 12.1. The molecule has 0 radical (unpaired) electrons. The predicted molar refractivity (Wildman–Crippen MR) is 80.6 cm³/mol. The number of thiazole rings is 1. The Morgan fingerprint density at radius 1 is 1.35 bits per heavy atom. The van der Waals surface area contributed by atoms with Crippen LogP contribution in [0.4, 0.5) is 9.93 Å². The van der Waals surface area contributed by atoms with E-state index in [1.165, 1.54) is 17.8 Å². The molecule has 20 heavy (non-hydrogen) atoms. The molecule has 5 nitrogen and oxygen atoms in total. The van der Waals surface area contributed by atoms with Crippen molar-refractivity contribution in [3.05, 3.63) is 18.2 Å². The lowest BCUT2D eigenvalue weighted by Gasteiger charge is -2.26. The molecule has 1 aromatic carbocycles. The molecular weight excluding hydrogens is 274 g/mol. The zero-order valence-electron chi connectivity index (χ0n) is 11.4. The van der Waals surface area contributed by atoms with E-state index in [9.17, 15) is 4.79 Å². The van der Waals surface area contributed by atoms with Crippen LogP contribution in [0.3, 0.4) is 0 Å². The molecule has 2 heterocycles. The number of methoxy groups -OCH3 is 1. The van der Waals surface area contributed by atoms with Crippen molar-refractivity contribution < 1.29 is 9.53 Å². The Hall–Kier alpha value is -1.82. The molecule has 0 saturated carbocycles. The molecule has 1 aliphatic heterocycles. The molecule has 0 bridgehead atoms. The predicted octanol–water partition coefficient (Wildman–Crippen LogP) is 3.32. The highest BCUT2D eigenvalue weighted by Gasteiger charge is 2.17. The normalized spacial score (nSPS) is 15.3. The smallest absolute Gasteiger partial charge is 0.323 e. The Kier molecular flexibility index (Phi) is 3.73. The number of urea groups is 1. The zero-order valence-corrected chi connectivity index (χ0v) is 12.2. The molecular formula is C14H17N3O2S. The van der Waals surface area contributed by atoms with Crippen LogP contribution in [0.1, 0.15) is 19.3 Å². The number of fused-ring (bicyclic) bond motifs is 1. The molecule has 0 spiro atoms. The maximum Gasteiger partial charge on any atom is 0.323 e. The zero-order chi connectivity index (χ0) is 13.9. The molecule has 1 aliphatic rings. The number of hydrogen-bond acceptors (Lipinski definition) is 4. The summed E-state index contributed by atoms with van der Waals surface area (Å²) in [6.07, 6.45) is 3.39. The van der Waals surface area contributed by atoms with Crippen LogP contribution in [-0.4, -0.2) is 36.1 Å². The van der Waals surface area contributed by atoms with Crippen LogP contribution in [0.25, 0.3) is 10.2 Å². The maximum absolute atomic E-state index is 12.1. The lowest BCUT2D eigenvalue weighted by molar-refractivity contribution is 0.200. The minimum absolute atomic E-state index is 0.0456. The van der Waals surface area contributed by atoms with Crippen LogP contribution in [0.5, 0.6) is 5.75 Å². The summed E-state index contributed by atoms with van der Waals surface area (Å²) in [6.45, 7) is 1.68. The van der Waals surface area contributed by atoms with Crippen molar-refractivity contribution >= 4 is 32.7 Å². The van der Waals surface area contributed by atoms with Gasteiger partial charge in [0, 0.05) is 13.1 Å². The quantitative estimate of drug-likeness (QED) is 0.923. The summed E-state index contributed by atoms with van der Waals surface area (Å²) < 4.78 is 6.20. The molecule has 1 fully saturated rings. The minimum atomic E-state index is -0.0456. The van der Waals surface area contributed by atoms with Crippen LogP contribution in [0.15, 0.2) is 18.2 Å². The Morgan fingerprint density at radius 3 is 2.90 bits per heavy atom. The second kappa shape index (κ2) is 5.66. The number of hydrogen-bond donors (Lipinski definition) is 1. The van der Waals surface area contributed by atoms with E-state index in [0.717, 1.165) is 41.9 Å². The van der Waals surface area contributed by atoms with E-state index in [1.807, 2.05) is 23.1 Å². The number of anilines is 1. The number of rotatable bonds is 2. The number of ether oxygens (including phenoxy) is 1. The number of nitrogens with one attached hydrogen (secondary N) is 1. The number of likely N-dealkylation sites (tertiary alicyclic amines) is 1. The number of carbonyl (C=O) groups excluding carboxylic acids is 1. The molecule has 1 aromatic heterocycles. The van der Waals surface area contributed by atoms with Crippen LogP contribution >= 0.6 is 11.3 Å². The van der Waals surface area contributed by atoms with Crippen LogP contribution < -0.4 is 10.1 Å². The number of carbonyl (C=O) groups is 1. The summed E-state index contributed by atoms with van der Waals surface area (Å²) in [5.74, 6) is 0.801. The van der Waals surface area contributed by atoms with Gasteiger partial charge in [0.05, 0.1) is 17.3 Å². The Balaban J connectivity index is 1.75. The first kappa shape index (κ1) is 13.2. The molecule has 0 unspecified atom stereocenters. The first-order valence-corrected chi connectivity index (χ1v) is 7.58. The third-order valence-corrected chi connectivity index (χ3v) is 4.39. The van der Waals surface area contributed by atoms with Crippen molar-refractivity contribution in [2.45, 2.75) is 19.3 Å². The third-order valence-electron chi connectivity index (χ3n) is 3.45. The van der Waals surface area contributed by atoms with Gasteiger partial charge in [-0.2, -0.15) is 0 Å². The number of piperidine rings is 1. The van der Waals surface area contributed by atoms with E-state index in [4.69, 9.17) is 4.74 Å². The molecule has 0 aliphatic carbocycles. The Morgan fingerprint density at radius 2 is 2.15 bits per heavy atom. The number of aromatic nitrogens is 1. The van der Waals surface area contributed by atoms with Gasteiger partial charge in [0.15, 0.2) is 5.13 Å². The summed E-state index contributed by atoms with van der Waals surface area (Å²) in [7, 11) is 1.64. The van der Waals surface area contributed by atoms with Crippen molar-refractivity contribution in [3.8, 4) is 5.75 Å². The average Bonchev–Trinajstić information content (AvgIpc) is 2.89. The summed E-state index contributed by atoms with van der Waals surface area (Å²) in [5, 5.41) is 3.53. The molecule has 106 valence electrons. The van der Waals surface area contributed by atoms with Crippen molar-refractivity contribution in [1.82, 2.24) is 9.88 Å². The SMILES string of the molecule is COc1ccc2nc(NC(=O)N3CCCCC3)sc2c1. The minimum Gasteiger partial charge on any atom is -0.497 e. The van der Waals surface area contributed by atoms with Gasteiger partial charge in [-0.25, -0.2) is 9.78 Å². The van der Waals surface area contributed by atoms with Gasteiger partial charge in [-0.1, -0.05) is 11.3 Å². The van der Waals surface area contributed by atoms with Crippen molar-refractivity contribution in [2.24, 2.45) is 0 Å². The third kappa shape index (κ3) is 2.70. The van der Waals surface area contributed by atoms with E-state index in [2.05, 4.69) is 10.3 Å². The number of benzene rings is 1. The first-order valence-electron chi connectivity index (χ1n) is 6.77. The second-order valence-corrected chi connectivity index (χ2v) is 5.86. The highest BCUT2D eigenvalue weighted by atomic mass is 32.1. The van der Waals surface area contributed by atoms with Gasteiger partial charge >= 0.3 is 6.03 Å². The van der Waals surface area contributed by atoms with Crippen molar-refractivity contribution in [1.29, 1.82) is 0 Å². The highest BCUT2D eigenvalue weighted by Crippen LogP contribution is 2.29. The fourth-order valence-corrected chi connectivity index (χ4v) is 3.24. The molecule has 1 N–H and O–H groups in total. The Labute approximate surface area is 121 Å². The first-order chi connectivity index (χ1) is 9.76. The number of amides is 2. The topological polar surface area (TPSA) is 54.5 Å². The molecule has 1 saturated heterocycles. The van der Waals surface area contributed by atoms with E-state index < -0.39 is 0 Å². The summed E-state index contributed by atoms with van der Waals surface area (Å²) in [4.78, 5) is 18.4. The second-order valence-electron chi connectivity index (χ2n) is 4.83. The molecule has 0 atom stereocenters. The standard InChI is InChI=1S/C14H17N3O2S/c1-19-10-5-6-11-12(9-10)20-13(15-11)16-14(18)17-7-3-2-4-8-17/h5-6,9H,2-4,7-8H2,1H3,(H,15,16,18). The van der Waals surface area contributed by atoms with E-state index in [1.54, 1.807) is 7.11 Å². The largest absolute Gasteiger partial charge is 0.497 e. The fraction of sp³-hybridized carbons (Fsp3) is 0.429. The lowest BCUT2D eigenvalue weighted by Crippen LogP contribution is -2.38. The van der Waals surface area contributed by atoms with Gasteiger partial charge in [0.1, 0.15) is 5.75 Å². The molecule has 2 aromatic rings. The molecule has 6 heteroatoms. The summed E-state index contributed by atoms with van der Waals surface area (Å²) in [5.41, 5.74) is 0.879. The van der Waals surface area contributed by atoms with Gasteiger partial charge < -0.3 is 9.64 Å². The average molecular weight is 291 g/mol.